The molecule has 2 atom stereocenters. The number of nitrogens with one attached hydrogen (secondary N) is 2. The predicted octanol–water partition coefficient (Wildman–Crippen LogP) is 0.300. The summed E-state index contributed by atoms with van der Waals surface area (Å²) in [6, 6.07) is -0.403. The summed E-state index contributed by atoms with van der Waals surface area (Å²) in [6.45, 7) is 3.52. The van der Waals surface area contributed by atoms with Gasteiger partial charge in [-0.25, -0.2) is 0 Å². The fourth-order valence-electron chi connectivity index (χ4n) is 3.26. The third-order valence-electron chi connectivity index (χ3n) is 4.42. The SMILES string of the molecule is Cc1nc([C@H]2CCCN2CC(=O)N[C@H]2CCCCNC2=O)no1. The zero-order valence-corrected chi connectivity index (χ0v) is 13.4. The fraction of sp³-hybridized carbons (Fsp3) is 0.733. The zero-order valence-electron chi connectivity index (χ0n) is 13.4. The van der Waals surface area contributed by atoms with E-state index in [2.05, 4.69) is 20.8 Å². The first-order valence-electron chi connectivity index (χ1n) is 8.25. The Balaban J connectivity index is 1.57. The van der Waals surface area contributed by atoms with Gasteiger partial charge >= 0.3 is 0 Å². The maximum Gasteiger partial charge on any atom is 0.242 e. The van der Waals surface area contributed by atoms with Crippen LogP contribution in [0.3, 0.4) is 0 Å². The first kappa shape index (κ1) is 15.9. The van der Waals surface area contributed by atoms with Gasteiger partial charge in [0.25, 0.3) is 0 Å². The summed E-state index contributed by atoms with van der Waals surface area (Å²) < 4.78 is 5.04. The van der Waals surface area contributed by atoms with E-state index in [1.165, 1.54) is 0 Å². The van der Waals surface area contributed by atoms with Crippen LogP contribution in [0.25, 0.3) is 0 Å². The molecule has 2 aliphatic rings. The Morgan fingerprint density at radius 3 is 3.04 bits per heavy atom. The lowest BCUT2D eigenvalue weighted by Gasteiger charge is -2.22. The second-order valence-electron chi connectivity index (χ2n) is 6.21. The number of hydrogen-bond acceptors (Lipinski definition) is 6. The van der Waals surface area contributed by atoms with Crippen LogP contribution in [0.1, 0.15) is 49.9 Å². The molecule has 8 heteroatoms. The molecule has 1 aromatic heterocycles. The van der Waals surface area contributed by atoms with Crippen molar-refractivity contribution in [1.82, 2.24) is 25.7 Å². The molecule has 1 aromatic rings. The number of carbonyl (C=O) groups excluding carboxylic acids is 2. The maximum atomic E-state index is 12.3. The third kappa shape index (κ3) is 3.87. The summed E-state index contributed by atoms with van der Waals surface area (Å²) in [4.78, 5) is 30.5. The van der Waals surface area contributed by atoms with Crippen LogP contribution in [0.2, 0.25) is 0 Å². The Bertz CT molecular complexity index is 573. The van der Waals surface area contributed by atoms with Crippen LogP contribution in [0.4, 0.5) is 0 Å². The number of nitrogens with zero attached hydrogens (tertiary/aromatic N) is 3. The van der Waals surface area contributed by atoms with Gasteiger partial charge in [-0.15, -0.1) is 0 Å². The highest BCUT2D eigenvalue weighted by Crippen LogP contribution is 2.29. The van der Waals surface area contributed by atoms with Crippen LogP contribution < -0.4 is 10.6 Å². The summed E-state index contributed by atoms with van der Waals surface area (Å²) in [6.07, 6.45) is 4.51. The Hall–Kier alpha value is -1.96. The van der Waals surface area contributed by atoms with E-state index >= 15 is 0 Å². The lowest BCUT2D eigenvalue weighted by atomic mass is 10.1. The van der Waals surface area contributed by atoms with Crippen molar-refractivity contribution in [3.05, 3.63) is 11.7 Å². The normalized spacial score (nSPS) is 25.9. The fourth-order valence-corrected chi connectivity index (χ4v) is 3.26. The summed E-state index contributed by atoms with van der Waals surface area (Å²) in [5.41, 5.74) is 0. The topological polar surface area (TPSA) is 100 Å². The van der Waals surface area contributed by atoms with Crippen molar-refractivity contribution in [2.24, 2.45) is 0 Å². The molecule has 2 saturated heterocycles. The Morgan fingerprint density at radius 1 is 1.39 bits per heavy atom. The van der Waals surface area contributed by atoms with Gasteiger partial charge in [0.2, 0.25) is 17.7 Å². The maximum absolute atomic E-state index is 12.3. The largest absolute Gasteiger partial charge is 0.354 e. The second kappa shape index (κ2) is 7.08. The molecule has 0 spiro atoms. The average molecular weight is 321 g/mol. The van der Waals surface area contributed by atoms with Gasteiger partial charge in [0.1, 0.15) is 6.04 Å². The molecular weight excluding hydrogens is 298 g/mol. The van der Waals surface area contributed by atoms with Gasteiger partial charge in [-0.3, -0.25) is 14.5 Å². The summed E-state index contributed by atoms with van der Waals surface area (Å²) in [7, 11) is 0. The molecular formula is C15H23N5O3. The van der Waals surface area contributed by atoms with Crippen molar-refractivity contribution in [3.63, 3.8) is 0 Å². The summed E-state index contributed by atoms with van der Waals surface area (Å²) in [5.74, 6) is 0.966. The molecule has 2 N–H and O–H groups in total. The molecule has 23 heavy (non-hydrogen) atoms. The van der Waals surface area contributed by atoms with Crippen LogP contribution in [-0.4, -0.2) is 52.5 Å². The van der Waals surface area contributed by atoms with E-state index in [0.717, 1.165) is 32.2 Å². The highest BCUT2D eigenvalue weighted by atomic mass is 16.5. The number of hydrogen-bond donors (Lipinski definition) is 2. The van der Waals surface area contributed by atoms with E-state index < -0.39 is 6.04 Å². The lowest BCUT2D eigenvalue weighted by molar-refractivity contribution is -0.129. The van der Waals surface area contributed by atoms with Crippen LogP contribution in [0, 0.1) is 6.92 Å². The van der Waals surface area contributed by atoms with Crippen molar-refractivity contribution in [3.8, 4) is 0 Å². The van der Waals surface area contributed by atoms with E-state index in [4.69, 9.17) is 4.52 Å². The first-order valence-corrected chi connectivity index (χ1v) is 8.25. The van der Waals surface area contributed by atoms with Crippen LogP contribution >= 0.6 is 0 Å². The minimum Gasteiger partial charge on any atom is -0.354 e. The summed E-state index contributed by atoms with van der Waals surface area (Å²) in [5, 5.41) is 9.66. The molecule has 0 saturated carbocycles. The van der Waals surface area contributed by atoms with Gasteiger partial charge in [-0.05, 0) is 38.6 Å². The number of rotatable bonds is 4. The average Bonchev–Trinajstić information content (AvgIpc) is 3.09. The van der Waals surface area contributed by atoms with Gasteiger partial charge in [0, 0.05) is 13.5 Å². The molecule has 0 aliphatic carbocycles. The summed E-state index contributed by atoms with van der Waals surface area (Å²) >= 11 is 0. The Morgan fingerprint density at radius 2 is 2.26 bits per heavy atom. The van der Waals surface area contributed by atoms with Crippen molar-refractivity contribution in [1.29, 1.82) is 0 Å². The first-order chi connectivity index (χ1) is 11.1. The van der Waals surface area contributed by atoms with Gasteiger partial charge in [0.05, 0.1) is 12.6 Å². The number of aryl methyl sites for hydroxylation is 1. The zero-order chi connectivity index (χ0) is 16.2. The third-order valence-corrected chi connectivity index (χ3v) is 4.42. The molecule has 0 unspecified atom stereocenters. The standard InChI is InChI=1S/C15H23N5O3/c1-10-17-14(19-23-10)12-6-4-8-20(12)9-13(21)18-11-5-2-3-7-16-15(11)22/h11-12H,2-9H2,1H3,(H,16,22)(H,18,21)/t11-,12+/m0/s1. The lowest BCUT2D eigenvalue weighted by Crippen LogP contribution is -2.48. The van der Waals surface area contributed by atoms with Crippen molar-refractivity contribution in [2.75, 3.05) is 19.6 Å². The molecule has 3 rings (SSSR count). The molecule has 2 aliphatic heterocycles. The van der Waals surface area contributed by atoms with Crippen molar-refractivity contribution >= 4 is 11.8 Å². The predicted molar refractivity (Wildman–Crippen MR) is 81.4 cm³/mol. The van der Waals surface area contributed by atoms with E-state index in [-0.39, 0.29) is 24.4 Å². The number of amides is 2. The number of carbonyl (C=O) groups is 2. The van der Waals surface area contributed by atoms with Crippen LogP contribution in [0.15, 0.2) is 4.52 Å². The highest BCUT2D eigenvalue weighted by molar-refractivity contribution is 5.88. The molecule has 2 amide bonds. The second-order valence-corrected chi connectivity index (χ2v) is 6.21. The molecule has 2 fully saturated rings. The van der Waals surface area contributed by atoms with Gasteiger partial charge in [-0.2, -0.15) is 4.98 Å². The van der Waals surface area contributed by atoms with Crippen molar-refractivity contribution < 1.29 is 14.1 Å². The molecule has 8 nitrogen and oxygen atoms in total. The molecule has 3 heterocycles. The van der Waals surface area contributed by atoms with Gasteiger partial charge in [0.15, 0.2) is 5.82 Å². The minimum absolute atomic E-state index is 0.0150. The van der Waals surface area contributed by atoms with Gasteiger partial charge in [-0.1, -0.05) is 5.16 Å². The molecule has 126 valence electrons. The molecule has 0 radical (unpaired) electrons. The van der Waals surface area contributed by atoms with E-state index in [0.29, 0.717) is 24.7 Å². The Labute approximate surface area is 135 Å². The smallest absolute Gasteiger partial charge is 0.242 e. The molecule has 0 bridgehead atoms. The number of aromatic nitrogens is 2. The Kier molecular flexibility index (Phi) is 4.90. The van der Waals surface area contributed by atoms with E-state index in [9.17, 15) is 9.59 Å². The van der Waals surface area contributed by atoms with E-state index in [1.807, 2.05) is 4.90 Å². The minimum atomic E-state index is -0.418. The van der Waals surface area contributed by atoms with Crippen LogP contribution in [0.5, 0.6) is 0 Å². The van der Waals surface area contributed by atoms with Crippen molar-refractivity contribution in [2.45, 2.75) is 51.1 Å². The van der Waals surface area contributed by atoms with Crippen LogP contribution in [-0.2, 0) is 9.59 Å². The highest BCUT2D eigenvalue weighted by Gasteiger charge is 2.32. The van der Waals surface area contributed by atoms with E-state index in [1.54, 1.807) is 6.92 Å². The molecule has 0 aromatic carbocycles. The monoisotopic (exact) mass is 321 g/mol. The van der Waals surface area contributed by atoms with Gasteiger partial charge < -0.3 is 15.2 Å². The quantitative estimate of drug-likeness (QED) is 0.827. The number of likely N-dealkylation sites (tertiary alicyclic amines) is 1.